The summed E-state index contributed by atoms with van der Waals surface area (Å²) in [5, 5.41) is 0. The molecular formula is C15H22F2N2O. The molecule has 2 unspecified atom stereocenters. The van der Waals surface area contributed by atoms with Crippen molar-refractivity contribution in [1.29, 1.82) is 0 Å². The van der Waals surface area contributed by atoms with Crippen molar-refractivity contribution in [2.24, 2.45) is 11.7 Å². The summed E-state index contributed by atoms with van der Waals surface area (Å²) in [6, 6.07) is 2.68. The van der Waals surface area contributed by atoms with Crippen molar-refractivity contribution in [1.82, 2.24) is 0 Å². The highest BCUT2D eigenvalue weighted by molar-refractivity contribution is 5.51. The van der Waals surface area contributed by atoms with Gasteiger partial charge in [0.05, 0.1) is 6.61 Å². The Hall–Kier alpha value is -1.20. The number of hydrogen-bond acceptors (Lipinski definition) is 3. The molecule has 2 rings (SSSR count). The molecule has 0 radical (unpaired) electrons. The molecule has 20 heavy (non-hydrogen) atoms. The quantitative estimate of drug-likeness (QED) is 0.902. The SMILES string of the molecule is COCC1CCN(c2c(F)cc(CC(C)N)cc2F)C1. The van der Waals surface area contributed by atoms with Crippen LogP contribution in [0.5, 0.6) is 0 Å². The predicted molar refractivity (Wildman–Crippen MR) is 75.9 cm³/mol. The van der Waals surface area contributed by atoms with Crippen molar-refractivity contribution in [3.8, 4) is 0 Å². The first-order valence-corrected chi connectivity index (χ1v) is 6.98. The smallest absolute Gasteiger partial charge is 0.149 e. The molecule has 1 heterocycles. The third-order valence-corrected chi connectivity index (χ3v) is 3.64. The van der Waals surface area contributed by atoms with E-state index in [-0.39, 0.29) is 11.7 Å². The van der Waals surface area contributed by atoms with Crippen LogP contribution < -0.4 is 10.6 Å². The third-order valence-electron chi connectivity index (χ3n) is 3.64. The summed E-state index contributed by atoms with van der Waals surface area (Å²) in [7, 11) is 1.65. The lowest BCUT2D eigenvalue weighted by Crippen LogP contribution is -2.24. The number of nitrogens with two attached hydrogens (primary N) is 1. The van der Waals surface area contributed by atoms with Crippen LogP contribution >= 0.6 is 0 Å². The van der Waals surface area contributed by atoms with Gasteiger partial charge in [-0.2, -0.15) is 0 Å². The maximum atomic E-state index is 14.2. The lowest BCUT2D eigenvalue weighted by Gasteiger charge is -2.21. The number of halogens is 2. The van der Waals surface area contributed by atoms with E-state index in [4.69, 9.17) is 10.5 Å². The second-order valence-corrected chi connectivity index (χ2v) is 5.65. The maximum absolute atomic E-state index is 14.2. The summed E-state index contributed by atoms with van der Waals surface area (Å²) in [4.78, 5) is 1.77. The molecule has 112 valence electrons. The largest absolute Gasteiger partial charge is 0.384 e. The summed E-state index contributed by atoms with van der Waals surface area (Å²) in [5.41, 5.74) is 6.35. The van der Waals surface area contributed by atoms with Gasteiger partial charge in [0.15, 0.2) is 0 Å². The second kappa shape index (κ2) is 6.50. The van der Waals surface area contributed by atoms with E-state index < -0.39 is 11.6 Å². The van der Waals surface area contributed by atoms with Gasteiger partial charge in [0.2, 0.25) is 0 Å². The third kappa shape index (κ3) is 3.46. The van der Waals surface area contributed by atoms with Crippen molar-refractivity contribution in [3.05, 3.63) is 29.3 Å². The van der Waals surface area contributed by atoms with Gasteiger partial charge in [0.1, 0.15) is 17.3 Å². The van der Waals surface area contributed by atoms with Crippen LogP contribution in [0.1, 0.15) is 18.9 Å². The Morgan fingerprint density at radius 1 is 1.40 bits per heavy atom. The Bertz CT molecular complexity index is 442. The number of ether oxygens (including phenoxy) is 1. The summed E-state index contributed by atoms with van der Waals surface area (Å²) in [6.45, 7) is 3.74. The van der Waals surface area contributed by atoms with Gasteiger partial charge < -0.3 is 15.4 Å². The maximum Gasteiger partial charge on any atom is 0.149 e. The molecule has 1 aliphatic heterocycles. The monoisotopic (exact) mass is 284 g/mol. The van der Waals surface area contributed by atoms with Gasteiger partial charge in [-0.3, -0.25) is 0 Å². The average molecular weight is 284 g/mol. The number of rotatable bonds is 5. The van der Waals surface area contributed by atoms with Crippen LogP contribution in [0.3, 0.4) is 0 Å². The summed E-state index contributed by atoms with van der Waals surface area (Å²) in [5.74, 6) is -0.667. The zero-order valence-electron chi connectivity index (χ0n) is 12.0. The van der Waals surface area contributed by atoms with Gasteiger partial charge in [-0.1, -0.05) is 0 Å². The molecule has 1 aromatic carbocycles. The van der Waals surface area contributed by atoms with Gasteiger partial charge in [-0.25, -0.2) is 8.78 Å². The fraction of sp³-hybridized carbons (Fsp3) is 0.600. The first-order chi connectivity index (χ1) is 9.51. The normalized spacial score (nSPS) is 20.4. The Labute approximate surface area is 118 Å². The van der Waals surface area contributed by atoms with Crippen LogP contribution in [0.25, 0.3) is 0 Å². The first kappa shape index (κ1) is 15.2. The molecule has 5 heteroatoms. The molecule has 0 spiro atoms. The highest BCUT2D eigenvalue weighted by Crippen LogP contribution is 2.30. The Kier molecular flexibility index (Phi) is 4.94. The van der Waals surface area contributed by atoms with Crippen molar-refractivity contribution in [3.63, 3.8) is 0 Å². The van der Waals surface area contributed by atoms with Crippen LogP contribution in [0, 0.1) is 17.6 Å². The molecule has 1 aromatic rings. The topological polar surface area (TPSA) is 38.5 Å². The van der Waals surface area contributed by atoms with E-state index in [1.807, 2.05) is 6.92 Å². The Balaban J connectivity index is 2.16. The number of anilines is 1. The highest BCUT2D eigenvalue weighted by atomic mass is 19.1. The van der Waals surface area contributed by atoms with E-state index in [0.717, 1.165) is 6.42 Å². The molecule has 0 aromatic heterocycles. The number of benzene rings is 1. The standard InChI is InChI=1S/C15H22F2N2O/c1-10(18)5-12-6-13(16)15(14(17)7-12)19-4-3-11(8-19)9-20-2/h6-7,10-11H,3-5,8-9,18H2,1-2H3. The zero-order valence-corrected chi connectivity index (χ0v) is 12.0. The fourth-order valence-electron chi connectivity index (χ4n) is 2.82. The number of methoxy groups -OCH3 is 1. The van der Waals surface area contributed by atoms with Gasteiger partial charge in [0, 0.05) is 32.2 Å². The lowest BCUT2D eigenvalue weighted by atomic mass is 10.1. The van der Waals surface area contributed by atoms with Crippen LogP contribution in [0.2, 0.25) is 0 Å². The van der Waals surface area contributed by atoms with Crippen LogP contribution in [-0.4, -0.2) is 32.8 Å². The molecule has 0 bridgehead atoms. The van der Waals surface area contributed by atoms with Crippen LogP contribution in [0.4, 0.5) is 14.5 Å². The van der Waals surface area contributed by atoms with Crippen molar-refractivity contribution in [2.75, 3.05) is 31.7 Å². The van der Waals surface area contributed by atoms with Crippen molar-refractivity contribution in [2.45, 2.75) is 25.8 Å². The molecular weight excluding hydrogens is 262 g/mol. The number of nitrogens with zero attached hydrogens (tertiary/aromatic N) is 1. The van der Waals surface area contributed by atoms with Gasteiger partial charge in [-0.15, -0.1) is 0 Å². The molecule has 1 saturated heterocycles. The lowest BCUT2D eigenvalue weighted by molar-refractivity contribution is 0.161. The summed E-state index contributed by atoms with van der Waals surface area (Å²) in [6.07, 6.45) is 1.37. The van der Waals surface area contributed by atoms with Gasteiger partial charge >= 0.3 is 0 Å². The Morgan fingerprint density at radius 2 is 2.05 bits per heavy atom. The molecule has 2 N–H and O–H groups in total. The van der Waals surface area contributed by atoms with E-state index in [1.165, 1.54) is 12.1 Å². The molecule has 0 aliphatic carbocycles. The highest BCUT2D eigenvalue weighted by Gasteiger charge is 2.27. The van der Waals surface area contributed by atoms with E-state index in [1.54, 1.807) is 12.0 Å². The predicted octanol–water partition coefficient (Wildman–Crippen LogP) is 2.33. The van der Waals surface area contributed by atoms with E-state index >= 15 is 0 Å². The van der Waals surface area contributed by atoms with Crippen LogP contribution in [0.15, 0.2) is 12.1 Å². The second-order valence-electron chi connectivity index (χ2n) is 5.65. The zero-order chi connectivity index (χ0) is 14.7. The van der Waals surface area contributed by atoms with E-state index in [0.29, 0.717) is 37.6 Å². The molecule has 1 aliphatic rings. The van der Waals surface area contributed by atoms with Gasteiger partial charge in [0.25, 0.3) is 0 Å². The molecule has 0 amide bonds. The number of hydrogen-bond donors (Lipinski definition) is 1. The minimum Gasteiger partial charge on any atom is -0.384 e. The molecule has 0 saturated carbocycles. The summed E-state index contributed by atoms with van der Waals surface area (Å²) >= 11 is 0. The van der Waals surface area contributed by atoms with Crippen molar-refractivity contribution >= 4 is 5.69 Å². The Morgan fingerprint density at radius 3 is 2.60 bits per heavy atom. The minimum absolute atomic E-state index is 0.0806. The van der Waals surface area contributed by atoms with Gasteiger partial charge in [-0.05, 0) is 37.5 Å². The van der Waals surface area contributed by atoms with E-state index in [9.17, 15) is 8.78 Å². The minimum atomic E-state index is -0.501. The molecule has 1 fully saturated rings. The van der Waals surface area contributed by atoms with Crippen molar-refractivity contribution < 1.29 is 13.5 Å². The molecule has 2 atom stereocenters. The average Bonchev–Trinajstić information content (AvgIpc) is 2.76. The molecule has 3 nitrogen and oxygen atoms in total. The first-order valence-electron chi connectivity index (χ1n) is 6.98. The van der Waals surface area contributed by atoms with Crippen LogP contribution in [-0.2, 0) is 11.2 Å². The van der Waals surface area contributed by atoms with E-state index in [2.05, 4.69) is 0 Å². The fourth-order valence-corrected chi connectivity index (χ4v) is 2.82. The summed E-state index contributed by atoms with van der Waals surface area (Å²) < 4.78 is 33.5.